The van der Waals surface area contributed by atoms with E-state index < -0.39 is 17.6 Å². The van der Waals surface area contributed by atoms with Crippen LogP contribution in [0.5, 0.6) is 0 Å². The molecule has 0 aliphatic heterocycles. The van der Waals surface area contributed by atoms with Crippen molar-refractivity contribution in [2.45, 2.75) is 38.0 Å². The van der Waals surface area contributed by atoms with Crippen LogP contribution in [0.3, 0.4) is 0 Å². The Morgan fingerprint density at radius 2 is 1.94 bits per heavy atom. The second kappa shape index (κ2) is 4.73. The average Bonchev–Trinajstić information content (AvgIpc) is 2.47. The van der Waals surface area contributed by atoms with Crippen molar-refractivity contribution in [3.05, 3.63) is 35.4 Å². The molecule has 2 rings (SSSR count). The summed E-state index contributed by atoms with van der Waals surface area (Å²) in [6, 6.07) is 4.07. The lowest BCUT2D eigenvalue weighted by molar-refractivity contribution is -0.120. The van der Waals surface area contributed by atoms with Gasteiger partial charge >= 0.3 is 0 Å². The monoisotopic (exact) mass is 224 g/mol. The standard InChI is InChI=1S/C13H14F2O/c14-11-7-4-6-10(13(11)15)9-5-2-1-3-8-12(9)16/h4,6-7,9H,1-3,5,8H2. The summed E-state index contributed by atoms with van der Waals surface area (Å²) in [5.41, 5.74) is 0.229. The van der Waals surface area contributed by atoms with E-state index in [9.17, 15) is 13.6 Å². The number of hydrogen-bond donors (Lipinski definition) is 0. The first-order valence-electron chi connectivity index (χ1n) is 5.67. The number of Topliss-reactive ketones (excluding diaryl/α,β-unsaturated/α-hetero) is 1. The van der Waals surface area contributed by atoms with Gasteiger partial charge in [-0.1, -0.05) is 25.0 Å². The zero-order valence-electron chi connectivity index (χ0n) is 9.01. The highest BCUT2D eigenvalue weighted by Crippen LogP contribution is 2.31. The van der Waals surface area contributed by atoms with E-state index in [-0.39, 0.29) is 11.3 Å². The molecule has 0 N–H and O–H groups in total. The molecule has 0 amide bonds. The lowest BCUT2D eigenvalue weighted by Gasteiger charge is -2.14. The van der Waals surface area contributed by atoms with Gasteiger partial charge in [0.05, 0.1) is 0 Å². The van der Waals surface area contributed by atoms with Crippen LogP contribution in [0.4, 0.5) is 8.78 Å². The maximum absolute atomic E-state index is 13.6. The molecule has 0 aromatic heterocycles. The lowest BCUT2D eigenvalue weighted by atomic mass is 9.90. The van der Waals surface area contributed by atoms with Crippen LogP contribution < -0.4 is 0 Å². The van der Waals surface area contributed by atoms with Crippen molar-refractivity contribution in [2.75, 3.05) is 0 Å². The van der Waals surface area contributed by atoms with Gasteiger partial charge in [-0.05, 0) is 18.9 Å². The van der Waals surface area contributed by atoms with Crippen LogP contribution in [0, 0.1) is 11.6 Å². The average molecular weight is 224 g/mol. The van der Waals surface area contributed by atoms with Crippen molar-refractivity contribution in [1.29, 1.82) is 0 Å². The number of halogens is 2. The first-order valence-corrected chi connectivity index (χ1v) is 5.67. The number of carbonyl (C=O) groups excluding carboxylic acids is 1. The summed E-state index contributed by atoms with van der Waals surface area (Å²) >= 11 is 0. The zero-order valence-corrected chi connectivity index (χ0v) is 9.01. The van der Waals surface area contributed by atoms with Crippen LogP contribution in [0.25, 0.3) is 0 Å². The van der Waals surface area contributed by atoms with Crippen molar-refractivity contribution >= 4 is 5.78 Å². The predicted octanol–water partition coefficient (Wildman–Crippen LogP) is 3.58. The van der Waals surface area contributed by atoms with E-state index in [1.54, 1.807) is 0 Å². The van der Waals surface area contributed by atoms with Gasteiger partial charge in [0.25, 0.3) is 0 Å². The highest BCUT2D eigenvalue weighted by atomic mass is 19.2. The molecule has 0 heterocycles. The normalized spacial score (nSPS) is 21.9. The molecule has 1 saturated carbocycles. The Labute approximate surface area is 93.5 Å². The third kappa shape index (κ3) is 2.13. The molecule has 86 valence electrons. The Hall–Kier alpha value is -1.25. The summed E-state index contributed by atoms with van der Waals surface area (Å²) in [5, 5.41) is 0. The molecule has 16 heavy (non-hydrogen) atoms. The van der Waals surface area contributed by atoms with Crippen LogP contribution in [0.1, 0.15) is 43.6 Å². The van der Waals surface area contributed by atoms with Crippen molar-refractivity contribution in [1.82, 2.24) is 0 Å². The molecular formula is C13H14F2O. The van der Waals surface area contributed by atoms with Gasteiger partial charge < -0.3 is 0 Å². The first kappa shape index (κ1) is 11.2. The molecule has 1 atom stereocenters. The molecular weight excluding hydrogens is 210 g/mol. The third-order valence-electron chi connectivity index (χ3n) is 3.16. The van der Waals surface area contributed by atoms with Gasteiger partial charge in [-0.2, -0.15) is 0 Å². The van der Waals surface area contributed by atoms with Crippen molar-refractivity contribution in [2.24, 2.45) is 0 Å². The minimum absolute atomic E-state index is 0.0435. The smallest absolute Gasteiger partial charge is 0.162 e. The van der Waals surface area contributed by atoms with Gasteiger partial charge in [-0.25, -0.2) is 8.78 Å². The molecule has 1 fully saturated rings. The maximum Gasteiger partial charge on any atom is 0.162 e. The van der Waals surface area contributed by atoms with Crippen molar-refractivity contribution in [3.8, 4) is 0 Å². The van der Waals surface area contributed by atoms with Crippen LogP contribution in [0.2, 0.25) is 0 Å². The minimum atomic E-state index is -0.866. The fourth-order valence-electron chi connectivity index (χ4n) is 2.28. The highest BCUT2D eigenvalue weighted by molar-refractivity contribution is 5.86. The first-order chi connectivity index (χ1) is 7.70. The van der Waals surface area contributed by atoms with E-state index in [1.807, 2.05) is 0 Å². The molecule has 0 bridgehead atoms. The number of benzene rings is 1. The van der Waals surface area contributed by atoms with Crippen molar-refractivity contribution in [3.63, 3.8) is 0 Å². The Bertz CT molecular complexity index is 401. The number of hydrogen-bond acceptors (Lipinski definition) is 1. The zero-order chi connectivity index (χ0) is 11.5. The second-order valence-electron chi connectivity index (χ2n) is 4.26. The largest absolute Gasteiger partial charge is 0.299 e. The number of rotatable bonds is 1. The summed E-state index contributed by atoms with van der Waals surface area (Å²) in [6.07, 6.45) is 3.90. The van der Waals surface area contributed by atoms with Crippen molar-refractivity contribution < 1.29 is 13.6 Å². The van der Waals surface area contributed by atoms with E-state index in [4.69, 9.17) is 0 Å². The SMILES string of the molecule is O=C1CCCCCC1c1cccc(F)c1F. The Morgan fingerprint density at radius 3 is 2.75 bits per heavy atom. The quantitative estimate of drug-likeness (QED) is 0.666. The van der Waals surface area contributed by atoms with Gasteiger partial charge in [0, 0.05) is 17.9 Å². The fraction of sp³-hybridized carbons (Fsp3) is 0.462. The lowest BCUT2D eigenvalue weighted by Crippen LogP contribution is -2.12. The van der Waals surface area contributed by atoms with E-state index in [0.29, 0.717) is 12.8 Å². The summed E-state index contributed by atoms with van der Waals surface area (Å²) in [4.78, 5) is 11.8. The summed E-state index contributed by atoms with van der Waals surface area (Å²) in [6.45, 7) is 0. The van der Waals surface area contributed by atoms with E-state index in [1.165, 1.54) is 12.1 Å². The van der Waals surface area contributed by atoms with Crippen LogP contribution in [-0.4, -0.2) is 5.78 Å². The molecule has 1 nitrogen and oxygen atoms in total. The fourth-order valence-corrected chi connectivity index (χ4v) is 2.28. The summed E-state index contributed by atoms with van der Waals surface area (Å²) in [7, 11) is 0. The molecule has 0 saturated heterocycles. The highest BCUT2D eigenvalue weighted by Gasteiger charge is 2.25. The Balaban J connectivity index is 2.34. The van der Waals surface area contributed by atoms with Crippen LogP contribution >= 0.6 is 0 Å². The van der Waals surface area contributed by atoms with Gasteiger partial charge in [-0.3, -0.25) is 4.79 Å². The van der Waals surface area contributed by atoms with E-state index >= 15 is 0 Å². The maximum atomic E-state index is 13.6. The third-order valence-corrected chi connectivity index (χ3v) is 3.16. The van der Waals surface area contributed by atoms with E-state index in [0.717, 1.165) is 25.3 Å². The molecule has 0 radical (unpaired) electrons. The molecule has 1 aromatic rings. The summed E-state index contributed by atoms with van der Waals surface area (Å²) in [5.74, 6) is -2.13. The Kier molecular flexibility index (Phi) is 3.32. The predicted molar refractivity (Wildman–Crippen MR) is 57.2 cm³/mol. The molecule has 0 spiro atoms. The second-order valence-corrected chi connectivity index (χ2v) is 4.26. The van der Waals surface area contributed by atoms with Gasteiger partial charge in [0.2, 0.25) is 0 Å². The van der Waals surface area contributed by atoms with Crippen LogP contribution in [0.15, 0.2) is 18.2 Å². The molecule has 1 unspecified atom stereocenters. The number of carbonyl (C=O) groups is 1. The molecule has 1 aliphatic carbocycles. The van der Waals surface area contributed by atoms with Crippen LogP contribution in [-0.2, 0) is 4.79 Å². The van der Waals surface area contributed by atoms with Gasteiger partial charge in [0.15, 0.2) is 11.6 Å². The number of ketones is 1. The van der Waals surface area contributed by atoms with Gasteiger partial charge in [0.1, 0.15) is 5.78 Å². The molecule has 1 aromatic carbocycles. The summed E-state index contributed by atoms with van der Waals surface area (Å²) < 4.78 is 26.6. The van der Waals surface area contributed by atoms with Gasteiger partial charge in [-0.15, -0.1) is 0 Å². The minimum Gasteiger partial charge on any atom is -0.299 e. The molecule has 3 heteroatoms. The Morgan fingerprint density at radius 1 is 1.12 bits per heavy atom. The van der Waals surface area contributed by atoms with E-state index in [2.05, 4.69) is 0 Å². The molecule has 1 aliphatic rings. The topological polar surface area (TPSA) is 17.1 Å².